The van der Waals surface area contributed by atoms with Crippen molar-refractivity contribution in [3.8, 4) is 17.1 Å². The van der Waals surface area contributed by atoms with Crippen molar-refractivity contribution >= 4 is 0 Å². The van der Waals surface area contributed by atoms with Crippen LogP contribution in [-0.2, 0) is 6.54 Å². The first-order valence-electron chi connectivity index (χ1n) is 5.93. The van der Waals surface area contributed by atoms with E-state index in [-0.39, 0.29) is 6.54 Å². The van der Waals surface area contributed by atoms with Crippen molar-refractivity contribution in [3.05, 3.63) is 29.2 Å². The Morgan fingerprint density at radius 3 is 2.72 bits per heavy atom. The normalized spacial score (nSPS) is 10.7. The molecule has 1 aromatic heterocycles. The molecular formula is C13H17N3O2. The molecule has 0 unspecified atom stereocenters. The first kappa shape index (κ1) is 12.6. The number of hydrogen-bond donors (Lipinski definition) is 1. The lowest BCUT2D eigenvalue weighted by molar-refractivity contribution is 0.338. The molecule has 0 radical (unpaired) electrons. The van der Waals surface area contributed by atoms with Crippen LogP contribution in [0.2, 0.25) is 0 Å². The summed E-state index contributed by atoms with van der Waals surface area (Å²) in [4.78, 5) is 4.23. The summed E-state index contributed by atoms with van der Waals surface area (Å²) in [5.41, 5.74) is 8.56. The third kappa shape index (κ3) is 2.22. The summed E-state index contributed by atoms with van der Waals surface area (Å²) in [7, 11) is 0. The number of aryl methyl sites for hydroxylation is 1. The van der Waals surface area contributed by atoms with Crippen LogP contribution in [0.3, 0.4) is 0 Å². The molecule has 1 aromatic carbocycles. The maximum atomic E-state index is 5.69. The third-order valence-corrected chi connectivity index (χ3v) is 2.85. The van der Waals surface area contributed by atoms with E-state index >= 15 is 0 Å². The van der Waals surface area contributed by atoms with E-state index in [1.807, 2.05) is 32.9 Å². The lowest BCUT2D eigenvalue weighted by atomic mass is 10.0. The molecular weight excluding hydrogens is 230 g/mol. The first-order valence-corrected chi connectivity index (χ1v) is 5.93. The fourth-order valence-electron chi connectivity index (χ4n) is 1.74. The van der Waals surface area contributed by atoms with E-state index in [9.17, 15) is 0 Å². The largest absolute Gasteiger partial charge is 0.493 e. The number of aromatic nitrogens is 2. The molecule has 18 heavy (non-hydrogen) atoms. The van der Waals surface area contributed by atoms with Gasteiger partial charge in [0.15, 0.2) is 0 Å². The van der Waals surface area contributed by atoms with Crippen molar-refractivity contribution in [3.63, 3.8) is 0 Å². The van der Waals surface area contributed by atoms with Crippen molar-refractivity contribution in [2.75, 3.05) is 6.61 Å². The van der Waals surface area contributed by atoms with Gasteiger partial charge in [0.05, 0.1) is 18.7 Å². The fourth-order valence-corrected chi connectivity index (χ4v) is 1.74. The van der Waals surface area contributed by atoms with Gasteiger partial charge in [-0.3, -0.25) is 0 Å². The van der Waals surface area contributed by atoms with E-state index < -0.39 is 0 Å². The molecule has 5 heteroatoms. The van der Waals surface area contributed by atoms with Crippen LogP contribution in [0.15, 0.2) is 16.7 Å². The topological polar surface area (TPSA) is 74.2 Å². The summed E-state index contributed by atoms with van der Waals surface area (Å²) in [6, 6.07) is 3.96. The Balaban J connectivity index is 2.52. The molecule has 96 valence electrons. The maximum Gasteiger partial charge on any atom is 0.240 e. The van der Waals surface area contributed by atoms with Crippen molar-refractivity contribution in [1.82, 2.24) is 10.1 Å². The fraction of sp³-hybridized carbons (Fsp3) is 0.385. The molecule has 0 spiro atoms. The second-order valence-corrected chi connectivity index (χ2v) is 4.03. The van der Waals surface area contributed by atoms with E-state index in [2.05, 4.69) is 10.1 Å². The van der Waals surface area contributed by atoms with E-state index in [1.165, 1.54) is 5.56 Å². The van der Waals surface area contributed by atoms with Gasteiger partial charge < -0.3 is 15.0 Å². The molecule has 0 atom stereocenters. The zero-order valence-corrected chi connectivity index (χ0v) is 10.9. The second kappa shape index (κ2) is 5.18. The molecule has 0 saturated carbocycles. The number of rotatable bonds is 4. The van der Waals surface area contributed by atoms with Gasteiger partial charge in [0.2, 0.25) is 11.7 Å². The zero-order valence-electron chi connectivity index (χ0n) is 10.9. The minimum atomic E-state index is 0.238. The van der Waals surface area contributed by atoms with Crippen LogP contribution < -0.4 is 10.5 Å². The minimum Gasteiger partial charge on any atom is -0.493 e. The molecule has 1 heterocycles. The molecule has 0 aliphatic carbocycles. The van der Waals surface area contributed by atoms with Gasteiger partial charge in [-0.2, -0.15) is 4.98 Å². The smallest absolute Gasteiger partial charge is 0.240 e. The summed E-state index contributed by atoms with van der Waals surface area (Å²) < 4.78 is 10.7. The molecule has 0 fully saturated rings. The molecule has 0 aliphatic rings. The molecule has 2 N–H and O–H groups in total. The highest BCUT2D eigenvalue weighted by atomic mass is 16.5. The number of ether oxygens (including phenoxy) is 1. The highest BCUT2D eigenvalue weighted by molar-refractivity contribution is 5.67. The van der Waals surface area contributed by atoms with E-state index in [0.717, 1.165) is 16.9 Å². The van der Waals surface area contributed by atoms with Crippen LogP contribution in [-0.4, -0.2) is 16.7 Å². The van der Waals surface area contributed by atoms with Gasteiger partial charge >= 0.3 is 0 Å². The number of hydrogen-bond acceptors (Lipinski definition) is 5. The van der Waals surface area contributed by atoms with Crippen LogP contribution in [0.5, 0.6) is 5.75 Å². The molecule has 2 rings (SSSR count). The Kier molecular flexibility index (Phi) is 3.62. The van der Waals surface area contributed by atoms with Gasteiger partial charge in [0, 0.05) is 0 Å². The zero-order chi connectivity index (χ0) is 13.1. The molecule has 0 saturated heterocycles. The standard InChI is InChI=1S/C13H17N3O2/c1-4-17-12-9(3)8(2)5-6-10(12)13-15-11(7-14)18-16-13/h5-6H,4,7,14H2,1-3H3. The summed E-state index contributed by atoms with van der Waals surface area (Å²) in [5.74, 6) is 1.74. The van der Waals surface area contributed by atoms with Gasteiger partial charge in [-0.25, -0.2) is 0 Å². The Morgan fingerprint density at radius 1 is 1.33 bits per heavy atom. The van der Waals surface area contributed by atoms with Crippen molar-refractivity contribution in [2.45, 2.75) is 27.3 Å². The second-order valence-electron chi connectivity index (χ2n) is 4.03. The molecule has 0 bridgehead atoms. The number of nitrogens with zero attached hydrogens (tertiary/aromatic N) is 2. The average molecular weight is 247 g/mol. The third-order valence-electron chi connectivity index (χ3n) is 2.85. The van der Waals surface area contributed by atoms with Crippen molar-refractivity contribution in [2.24, 2.45) is 5.73 Å². The van der Waals surface area contributed by atoms with Gasteiger partial charge in [0.25, 0.3) is 0 Å². The summed E-state index contributed by atoms with van der Waals surface area (Å²) >= 11 is 0. The van der Waals surface area contributed by atoms with E-state index in [0.29, 0.717) is 18.3 Å². The van der Waals surface area contributed by atoms with E-state index in [1.54, 1.807) is 0 Å². The number of nitrogens with two attached hydrogens (primary N) is 1. The summed E-state index contributed by atoms with van der Waals surface area (Å²) in [5, 5.41) is 3.92. The Morgan fingerprint density at radius 2 is 2.11 bits per heavy atom. The summed E-state index contributed by atoms with van der Waals surface area (Å²) in [6.07, 6.45) is 0. The molecule has 2 aromatic rings. The van der Waals surface area contributed by atoms with Crippen molar-refractivity contribution in [1.29, 1.82) is 0 Å². The monoisotopic (exact) mass is 247 g/mol. The van der Waals surface area contributed by atoms with Crippen LogP contribution >= 0.6 is 0 Å². The predicted octanol–water partition coefficient (Wildman–Crippen LogP) is 2.21. The Labute approximate surface area is 106 Å². The Bertz CT molecular complexity index is 549. The molecule has 5 nitrogen and oxygen atoms in total. The van der Waals surface area contributed by atoms with Crippen molar-refractivity contribution < 1.29 is 9.26 Å². The average Bonchev–Trinajstić information content (AvgIpc) is 2.84. The minimum absolute atomic E-state index is 0.238. The van der Waals surface area contributed by atoms with Crippen LogP contribution in [0.1, 0.15) is 23.9 Å². The quantitative estimate of drug-likeness (QED) is 0.896. The highest BCUT2D eigenvalue weighted by Gasteiger charge is 2.15. The molecule has 0 aliphatic heterocycles. The highest BCUT2D eigenvalue weighted by Crippen LogP contribution is 2.33. The van der Waals surface area contributed by atoms with Gasteiger partial charge in [0.1, 0.15) is 5.75 Å². The Hall–Kier alpha value is -1.88. The van der Waals surface area contributed by atoms with Crippen LogP contribution in [0.25, 0.3) is 11.4 Å². The van der Waals surface area contributed by atoms with Gasteiger partial charge in [-0.05, 0) is 38.0 Å². The maximum absolute atomic E-state index is 5.69. The van der Waals surface area contributed by atoms with E-state index in [4.69, 9.17) is 15.0 Å². The SMILES string of the molecule is CCOc1c(-c2noc(CN)n2)ccc(C)c1C. The first-order chi connectivity index (χ1) is 8.67. The lowest BCUT2D eigenvalue weighted by Gasteiger charge is -2.12. The summed E-state index contributed by atoms with van der Waals surface area (Å²) in [6.45, 7) is 6.85. The molecule has 0 amide bonds. The van der Waals surface area contributed by atoms with Gasteiger partial charge in [-0.15, -0.1) is 0 Å². The number of benzene rings is 1. The van der Waals surface area contributed by atoms with Crippen LogP contribution in [0.4, 0.5) is 0 Å². The van der Waals surface area contributed by atoms with Gasteiger partial charge in [-0.1, -0.05) is 11.2 Å². The lowest BCUT2D eigenvalue weighted by Crippen LogP contribution is -1.99. The van der Waals surface area contributed by atoms with Crippen LogP contribution in [0, 0.1) is 13.8 Å². The predicted molar refractivity (Wildman–Crippen MR) is 68.3 cm³/mol.